The zero-order chi connectivity index (χ0) is 6.85. The van der Waals surface area contributed by atoms with Crippen LogP contribution in [0.1, 0.15) is 0 Å². The summed E-state index contributed by atoms with van der Waals surface area (Å²) in [5.41, 5.74) is 6.62. The summed E-state index contributed by atoms with van der Waals surface area (Å²) in [5, 5.41) is 0. The number of anilines is 1. The van der Waals surface area contributed by atoms with Gasteiger partial charge < -0.3 is 5.73 Å². The third-order valence-corrected chi connectivity index (χ3v) is 1.51. The normalized spacial score (nSPS) is 9.44. The second-order valence-electron chi connectivity index (χ2n) is 1.78. The zero-order valence-corrected chi connectivity index (χ0v) is 5.73. The lowest BCUT2D eigenvalue weighted by atomic mass is 9.94. The van der Waals surface area contributed by atoms with Crippen molar-refractivity contribution in [1.82, 2.24) is 0 Å². The molecule has 0 aliphatic heterocycles. The minimum absolute atomic E-state index is 0.556. The predicted octanol–water partition coefficient (Wildman–Crippen LogP) is 0.351. The summed E-state index contributed by atoms with van der Waals surface area (Å²) in [6, 6.07) is 5.36. The van der Waals surface area contributed by atoms with Crippen LogP contribution in [0.5, 0.6) is 0 Å². The largest absolute Gasteiger partial charge is 0.398 e. The molecule has 1 rings (SSSR count). The summed E-state index contributed by atoms with van der Waals surface area (Å²) in [5.74, 6) is 0. The monoisotopic (exact) mass is 135 g/mol. The van der Waals surface area contributed by atoms with E-state index in [9.17, 15) is 0 Å². The van der Waals surface area contributed by atoms with Crippen molar-refractivity contribution >= 4 is 31.6 Å². The molecule has 0 saturated heterocycles. The molecule has 0 saturated carbocycles. The molecule has 0 aliphatic carbocycles. The molecule has 0 bridgehead atoms. The second-order valence-corrected chi connectivity index (χ2v) is 2.26. The van der Waals surface area contributed by atoms with Gasteiger partial charge in [0.25, 0.3) is 0 Å². The van der Waals surface area contributed by atoms with Crippen molar-refractivity contribution in [3.05, 3.63) is 18.2 Å². The van der Waals surface area contributed by atoms with E-state index in [2.05, 4.69) is 12.6 Å². The SMILES string of the molecule is [B]c1cccc(S)c1N. The number of benzene rings is 1. The topological polar surface area (TPSA) is 26.0 Å². The van der Waals surface area contributed by atoms with Crippen LogP contribution in [0.2, 0.25) is 0 Å². The molecule has 0 atom stereocenters. The summed E-state index contributed by atoms with van der Waals surface area (Å²) in [4.78, 5) is 0.731. The molecule has 44 valence electrons. The van der Waals surface area contributed by atoms with Gasteiger partial charge >= 0.3 is 0 Å². The Balaban J connectivity index is 3.25. The molecule has 0 spiro atoms. The molecule has 0 heterocycles. The van der Waals surface area contributed by atoms with E-state index in [1.807, 2.05) is 6.07 Å². The van der Waals surface area contributed by atoms with Gasteiger partial charge in [-0.15, -0.1) is 12.6 Å². The number of para-hydroxylation sites is 1. The van der Waals surface area contributed by atoms with E-state index in [0.29, 0.717) is 11.2 Å². The van der Waals surface area contributed by atoms with E-state index in [-0.39, 0.29) is 0 Å². The Morgan fingerprint density at radius 1 is 1.44 bits per heavy atom. The highest BCUT2D eigenvalue weighted by molar-refractivity contribution is 7.80. The fourth-order valence-electron chi connectivity index (χ4n) is 0.570. The van der Waals surface area contributed by atoms with Crippen LogP contribution in [-0.4, -0.2) is 7.85 Å². The molecule has 0 aromatic heterocycles. The van der Waals surface area contributed by atoms with E-state index >= 15 is 0 Å². The van der Waals surface area contributed by atoms with Crippen molar-refractivity contribution < 1.29 is 0 Å². The maximum Gasteiger partial charge on any atom is 0.116 e. The average Bonchev–Trinajstić information content (AvgIpc) is 1.83. The van der Waals surface area contributed by atoms with E-state index in [1.165, 1.54) is 0 Å². The number of thiol groups is 1. The fraction of sp³-hybridized carbons (Fsp3) is 0. The first kappa shape index (κ1) is 6.55. The number of nitrogen functional groups attached to an aromatic ring is 1. The molecule has 1 aromatic rings. The summed E-state index contributed by atoms with van der Waals surface area (Å²) in [6.07, 6.45) is 0. The van der Waals surface area contributed by atoms with Gasteiger partial charge in [0.2, 0.25) is 0 Å². The molecule has 1 nitrogen and oxygen atoms in total. The maximum atomic E-state index is 5.48. The van der Waals surface area contributed by atoms with Crippen LogP contribution in [0, 0.1) is 0 Å². The highest BCUT2D eigenvalue weighted by Gasteiger charge is 1.93. The Kier molecular flexibility index (Phi) is 1.71. The summed E-state index contributed by atoms with van der Waals surface area (Å²) >= 11 is 4.06. The van der Waals surface area contributed by atoms with Crippen molar-refractivity contribution in [2.45, 2.75) is 4.90 Å². The minimum atomic E-state index is 0.556. The molecule has 9 heavy (non-hydrogen) atoms. The van der Waals surface area contributed by atoms with Crippen LogP contribution in [0.15, 0.2) is 23.1 Å². The number of hydrogen-bond donors (Lipinski definition) is 2. The van der Waals surface area contributed by atoms with Gasteiger partial charge in [-0.25, -0.2) is 0 Å². The summed E-state index contributed by atoms with van der Waals surface area (Å²) in [6.45, 7) is 0. The molecule has 0 fully saturated rings. The predicted molar refractivity (Wildman–Crippen MR) is 43.5 cm³/mol. The molecule has 1 aromatic carbocycles. The Bertz CT molecular complexity index is 204. The van der Waals surface area contributed by atoms with Gasteiger partial charge in [-0.3, -0.25) is 0 Å². The fourth-order valence-corrected chi connectivity index (χ4v) is 0.786. The lowest BCUT2D eigenvalue weighted by Crippen LogP contribution is -2.09. The van der Waals surface area contributed by atoms with Crippen molar-refractivity contribution in [1.29, 1.82) is 0 Å². The van der Waals surface area contributed by atoms with Gasteiger partial charge in [0, 0.05) is 10.6 Å². The lowest BCUT2D eigenvalue weighted by molar-refractivity contribution is 1.50. The first-order chi connectivity index (χ1) is 4.22. The van der Waals surface area contributed by atoms with E-state index in [0.717, 1.165) is 4.90 Å². The number of nitrogens with two attached hydrogens (primary N) is 1. The molecular formula is C6H6BNS. The van der Waals surface area contributed by atoms with Gasteiger partial charge in [-0.05, 0) is 6.07 Å². The minimum Gasteiger partial charge on any atom is -0.398 e. The average molecular weight is 135 g/mol. The van der Waals surface area contributed by atoms with Crippen LogP contribution in [0.3, 0.4) is 0 Å². The molecule has 2 radical (unpaired) electrons. The lowest BCUT2D eigenvalue weighted by Gasteiger charge is -2.00. The first-order valence-electron chi connectivity index (χ1n) is 2.54. The molecular weight excluding hydrogens is 129 g/mol. The second kappa shape index (κ2) is 2.35. The number of rotatable bonds is 0. The Morgan fingerprint density at radius 3 is 2.56 bits per heavy atom. The molecule has 0 aliphatic rings. The summed E-state index contributed by atoms with van der Waals surface area (Å²) < 4.78 is 0. The maximum absolute atomic E-state index is 5.48. The Morgan fingerprint density at radius 2 is 2.11 bits per heavy atom. The molecule has 0 unspecified atom stereocenters. The van der Waals surface area contributed by atoms with Crippen LogP contribution < -0.4 is 11.2 Å². The first-order valence-corrected chi connectivity index (χ1v) is 2.99. The van der Waals surface area contributed by atoms with Gasteiger partial charge in [0.15, 0.2) is 0 Å². The zero-order valence-electron chi connectivity index (χ0n) is 4.83. The van der Waals surface area contributed by atoms with Crippen molar-refractivity contribution in [3.63, 3.8) is 0 Å². The van der Waals surface area contributed by atoms with Crippen LogP contribution in [0.4, 0.5) is 5.69 Å². The third kappa shape index (κ3) is 1.22. The van der Waals surface area contributed by atoms with Crippen molar-refractivity contribution in [2.75, 3.05) is 5.73 Å². The standard InChI is InChI=1S/C6H6BNS/c7-4-2-1-3-5(9)6(4)8/h1-3,9H,8H2. The number of hydrogen-bond acceptors (Lipinski definition) is 2. The quantitative estimate of drug-likeness (QED) is 0.299. The van der Waals surface area contributed by atoms with Gasteiger partial charge in [0.1, 0.15) is 7.85 Å². The molecule has 3 heteroatoms. The van der Waals surface area contributed by atoms with Crippen LogP contribution in [0.25, 0.3) is 0 Å². The molecule has 0 amide bonds. The van der Waals surface area contributed by atoms with Gasteiger partial charge in [-0.2, -0.15) is 0 Å². The Labute approximate surface area is 61.1 Å². The molecule has 2 N–H and O–H groups in total. The highest BCUT2D eigenvalue weighted by atomic mass is 32.1. The van der Waals surface area contributed by atoms with Gasteiger partial charge in [-0.1, -0.05) is 17.6 Å². The van der Waals surface area contributed by atoms with E-state index in [1.54, 1.807) is 12.1 Å². The van der Waals surface area contributed by atoms with Crippen molar-refractivity contribution in [3.8, 4) is 0 Å². The van der Waals surface area contributed by atoms with E-state index < -0.39 is 0 Å². The van der Waals surface area contributed by atoms with Crippen molar-refractivity contribution in [2.24, 2.45) is 0 Å². The third-order valence-electron chi connectivity index (χ3n) is 1.12. The van der Waals surface area contributed by atoms with Crippen LogP contribution in [-0.2, 0) is 0 Å². The highest BCUT2D eigenvalue weighted by Crippen LogP contribution is 2.10. The summed E-state index contributed by atoms with van der Waals surface area (Å²) in [7, 11) is 5.45. The smallest absolute Gasteiger partial charge is 0.116 e. The van der Waals surface area contributed by atoms with Gasteiger partial charge in [0.05, 0.1) is 0 Å². The van der Waals surface area contributed by atoms with E-state index in [4.69, 9.17) is 13.6 Å². The van der Waals surface area contributed by atoms with Crippen LogP contribution >= 0.6 is 12.6 Å². The Hall–Kier alpha value is -0.565.